The second-order valence-corrected chi connectivity index (χ2v) is 10.6. The molecule has 0 atom stereocenters. The van der Waals surface area contributed by atoms with Crippen LogP contribution < -0.4 is 10.6 Å². The lowest BCUT2D eigenvalue weighted by atomic mass is 9.76. The second-order valence-electron chi connectivity index (χ2n) is 10.2. The summed E-state index contributed by atoms with van der Waals surface area (Å²) in [6.07, 6.45) is 6.97. The summed E-state index contributed by atoms with van der Waals surface area (Å²) in [6.45, 7) is 3.22. The monoisotopic (exact) mass is 551 g/mol. The number of rotatable bonds is 12. The van der Waals surface area contributed by atoms with Crippen LogP contribution in [0.2, 0.25) is 5.02 Å². The molecular weight excluding hydrogens is 514 g/mol. The summed E-state index contributed by atoms with van der Waals surface area (Å²) in [5.74, 6) is 0. The number of pyridine rings is 2. The van der Waals surface area contributed by atoms with E-state index in [4.69, 9.17) is 26.7 Å². The molecule has 0 aliphatic carbocycles. The van der Waals surface area contributed by atoms with E-state index in [2.05, 4.69) is 15.5 Å². The molecular formula is C30H38ClN5O3. The molecule has 3 heterocycles. The first-order chi connectivity index (χ1) is 18.9. The highest BCUT2D eigenvalue weighted by Crippen LogP contribution is 2.36. The van der Waals surface area contributed by atoms with Crippen LogP contribution in [0.15, 0.2) is 73.1 Å². The number of likely N-dealkylation sites (tertiary alicyclic amines) is 1. The number of halogens is 1. The predicted octanol–water partition coefficient (Wildman–Crippen LogP) is 3.86. The number of hydrogen-bond acceptors (Lipinski definition) is 6. The quantitative estimate of drug-likeness (QED) is 0.254. The summed E-state index contributed by atoms with van der Waals surface area (Å²) in [7, 11) is 0. The average Bonchev–Trinajstić information content (AvgIpc) is 2.97. The van der Waals surface area contributed by atoms with E-state index in [9.17, 15) is 9.90 Å². The van der Waals surface area contributed by atoms with Gasteiger partial charge in [0.15, 0.2) is 0 Å². The van der Waals surface area contributed by atoms with E-state index in [1.54, 1.807) is 12.4 Å². The Labute approximate surface area is 235 Å². The summed E-state index contributed by atoms with van der Waals surface area (Å²) >= 11 is 6.04. The Morgan fingerprint density at radius 1 is 0.949 bits per heavy atom. The average molecular weight is 552 g/mol. The highest BCUT2D eigenvalue weighted by atomic mass is 35.5. The van der Waals surface area contributed by atoms with Gasteiger partial charge < -0.3 is 25.7 Å². The van der Waals surface area contributed by atoms with Gasteiger partial charge in [0.1, 0.15) is 0 Å². The van der Waals surface area contributed by atoms with E-state index in [0.29, 0.717) is 37.4 Å². The topological polar surface area (TPSA) is 111 Å². The lowest BCUT2D eigenvalue weighted by Crippen LogP contribution is -2.47. The normalized spacial score (nSPS) is 15.6. The van der Waals surface area contributed by atoms with E-state index in [-0.39, 0.29) is 12.6 Å². The minimum absolute atomic E-state index is 0.0275. The van der Waals surface area contributed by atoms with Crippen molar-refractivity contribution in [3.05, 3.63) is 95.0 Å². The number of benzene rings is 1. The van der Waals surface area contributed by atoms with Gasteiger partial charge in [0.05, 0.1) is 22.4 Å². The maximum atomic E-state index is 12.6. The second kappa shape index (κ2) is 13.8. The maximum Gasteiger partial charge on any atom is 0.314 e. The summed E-state index contributed by atoms with van der Waals surface area (Å²) in [6, 6.07) is 18.9. The molecule has 0 unspecified atom stereocenters. The third kappa shape index (κ3) is 7.54. The Balaban J connectivity index is 1.45. The highest BCUT2D eigenvalue weighted by molar-refractivity contribution is 6.30. The molecule has 1 fully saturated rings. The van der Waals surface area contributed by atoms with Gasteiger partial charge in [-0.15, -0.1) is 0 Å². The highest BCUT2D eigenvalue weighted by Gasteiger charge is 2.38. The van der Waals surface area contributed by atoms with E-state index >= 15 is 0 Å². The molecule has 4 rings (SSSR count). The van der Waals surface area contributed by atoms with Gasteiger partial charge in [-0.25, -0.2) is 4.79 Å². The molecule has 0 bridgehead atoms. The number of nitrogens with one attached hydrogen (secondary N) is 2. The molecule has 9 heteroatoms. The Morgan fingerprint density at radius 3 is 2.15 bits per heavy atom. The molecule has 1 aliphatic rings. The zero-order chi connectivity index (χ0) is 27.6. The van der Waals surface area contributed by atoms with Crippen LogP contribution in [0.5, 0.6) is 0 Å². The number of piperidine rings is 1. The van der Waals surface area contributed by atoms with E-state index < -0.39 is 11.0 Å². The molecule has 8 nitrogen and oxygen atoms in total. The van der Waals surface area contributed by atoms with Gasteiger partial charge in [0.25, 0.3) is 0 Å². The largest absolute Gasteiger partial charge is 0.396 e. The van der Waals surface area contributed by atoms with Crippen molar-refractivity contribution in [3.8, 4) is 0 Å². The molecule has 39 heavy (non-hydrogen) atoms. The molecule has 3 aromatic rings. The van der Waals surface area contributed by atoms with E-state index in [0.717, 1.165) is 49.4 Å². The van der Waals surface area contributed by atoms with Crippen molar-refractivity contribution in [1.82, 2.24) is 25.5 Å². The number of carbonyl (C=O) groups excluding carboxylic acids is 1. The summed E-state index contributed by atoms with van der Waals surface area (Å²) in [5.41, 5.74) is 1.18. The van der Waals surface area contributed by atoms with Crippen LogP contribution in [0, 0.1) is 0 Å². The van der Waals surface area contributed by atoms with Crippen molar-refractivity contribution in [2.75, 3.05) is 39.3 Å². The van der Waals surface area contributed by atoms with E-state index in [1.165, 1.54) is 0 Å². The van der Waals surface area contributed by atoms with Crippen LogP contribution in [-0.2, 0) is 11.0 Å². The molecule has 1 saturated heterocycles. The summed E-state index contributed by atoms with van der Waals surface area (Å²) < 4.78 is 0. The Hall–Kier alpha value is -3.04. The summed E-state index contributed by atoms with van der Waals surface area (Å²) in [4.78, 5) is 24.4. The molecule has 0 saturated carbocycles. The minimum Gasteiger partial charge on any atom is -0.396 e. The fourth-order valence-electron chi connectivity index (χ4n) is 5.32. The number of hydrogen-bond donors (Lipinski definition) is 4. The number of nitrogens with zero attached hydrogens (tertiary/aromatic N) is 3. The molecule has 0 radical (unpaired) electrons. The predicted molar refractivity (Wildman–Crippen MR) is 153 cm³/mol. The first kappa shape index (κ1) is 29.0. The third-order valence-corrected chi connectivity index (χ3v) is 7.88. The van der Waals surface area contributed by atoms with Gasteiger partial charge in [-0.2, -0.15) is 0 Å². The zero-order valence-corrected chi connectivity index (χ0v) is 23.0. The first-order valence-corrected chi connectivity index (χ1v) is 14.0. The number of aliphatic hydroxyl groups is 2. The van der Waals surface area contributed by atoms with Crippen LogP contribution in [0.25, 0.3) is 0 Å². The number of amides is 2. The lowest BCUT2D eigenvalue weighted by Gasteiger charge is -2.39. The Bertz CT molecular complexity index is 1120. The van der Waals surface area contributed by atoms with Crippen molar-refractivity contribution < 1.29 is 15.0 Å². The van der Waals surface area contributed by atoms with E-state index in [1.807, 2.05) is 60.7 Å². The number of aliphatic hydroxyl groups excluding tert-OH is 1. The van der Waals surface area contributed by atoms with Crippen molar-refractivity contribution >= 4 is 17.6 Å². The lowest BCUT2D eigenvalue weighted by molar-refractivity contribution is -0.0262. The molecule has 0 spiro atoms. The minimum atomic E-state index is -0.833. The van der Waals surface area contributed by atoms with Gasteiger partial charge in [0, 0.05) is 50.2 Å². The molecule has 208 valence electrons. The van der Waals surface area contributed by atoms with Crippen molar-refractivity contribution in [1.29, 1.82) is 0 Å². The van der Waals surface area contributed by atoms with Crippen molar-refractivity contribution in [3.63, 3.8) is 0 Å². The Kier molecular flexibility index (Phi) is 10.3. The van der Waals surface area contributed by atoms with Crippen LogP contribution in [-0.4, -0.2) is 70.4 Å². The molecule has 1 aromatic carbocycles. The number of aromatic nitrogens is 2. The SMILES string of the molecule is O=C(NCCCO)NCC(CCCN1CCC(O)(c2ccc(Cl)cc2)CC1)(c1ccccn1)c1ccccn1. The molecule has 2 amide bonds. The standard InChI is InChI=1S/C30H38ClN5O3/c31-25-11-9-24(10-12-25)30(39)14-20-36(21-15-30)19-5-13-29(26-7-1-3-16-32-26,27-8-2-4-17-33-27)23-35-28(38)34-18-6-22-37/h1-4,7-12,16-17,37,39H,5-6,13-15,18-23H2,(H2,34,35,38). The third-order valence-electron chi connectivity index (χ3n) is 7.62. The van der Waals surface area contributed by atoms with Crippen LogP contribution in [0.3, 0.4) is 0 Å². The van der Waals surface area contributed by atoms with Crippen molar-refractivity contribution in [2.24, 2.45) is 0 Å². The van der Waals surface area contributed by atoms with Crippen LogP contribution >= 0.6 is 11.6 Å². The van der Waals surface area contributed by atoms with Gasteiger partial charge >= 0.3 is 6.03 Å². The fraction of sp³-hybridized carbons (Fsp3) is 0.433. The number of urea groups is 1. The summed E-state index contributed by atoms with van der Waals surface area (Å²) in [5, 5.41) is 26.8. The molecule has 4 N–H and O–H groups in total. The van der Waals surface area contributed by atoms with Gasteiger partial charge in [-0.05, 0) is 80.6 Å². The zero-order valence-electron chi connectivity index (χ0n) is 22.2. The molecule has 1 aliphatic heterocycles. The first-order valence-electron chi connectivity index (χ1n) is 13.6. The fourth-order valence-corrected chi connectivity index (χ4v) is 5.45. The van der Waals surface area contributed by atoms with Crippen LogP contribution in [0.4, 0.5) is 4.79 Å². The van der Waals surface area contributed by atoms with Gasteiger partial charge in [-0.1, -0.05) is 35.9 Å². The van der Waals surface area contributed by atoms with Crippen LogP contribution in [0.1, 0.15) is 49.1 Å². The van der Waals surface area contributed by atoms with Gasteiger partial charge in [0.2, 0.25) is 0 Å². The van der Waals surface area contributed by atoms with Crippen molar-refractivity contribution in [2.45, 2.75) is 43.1 Å². The Morgan fingerprint density at radius 2 is 1.59 bits per heavy atom. The van der Waals surface area contributed by atoms with Gasteiger partial charge in [-0.3, -0.25) is 9.97 Å². The maximum absolute atomic E-state index is 12.6. The molecule has 2 aromatic heterocycles. The number of carbonyl (C=O) groups is 1. The smallest absolute Gasteiger partial charge is 0.314 e.